The van der Waals surface area contributed by atoms with E-state index in [1.165, 1.54) is 16.7 Å². The van der Waals surface area contributed by atoms with Gasteiger partial charge in [0.15, 0.2) is 4.32 Å². The Hall–Kier alpha value is -0.870. The maximum atomic E-state index is 13.1. The van der Waals surface area contributed by atoms with Gasteiger partial charge in [-0.1, -0.05) is 59.3 Å². The minimum Gasteiger partial charge on any atom is -0.487 e. The number of carbonyl (C=O) groups excluding carboxylic acids is 1. The van der Waals surface area contributed by atoms with E-state index in [1.54, 1.807) is 24.3 Å². The SMILES string of the molecule is O=C1/C(=C\c2cc(Br)c(OCc3ccc(Cl)cc3)c(Br)c2)SC(=S)N1c1ccc(Br)c(Cl)c1. The van der Waals surface area contributed by atoms with E-state index in [1.807, 2.05) is 36.4 Å². The van der Waals surface area contributed by atoms with Crippen LogP contribution in [0.25, 0.3) is 6.08 Å². The molecule has 168 valence electrons. The van der Waals surface area contributed by atoms with Crippen LogP contribution in [0.4, 0.5) is 5.69 Å². The van der Waals surface area contributed by atoms with Gasteiger partial charge in [-0.15, -0.1) is 0 Å². The smallest absolute Gasteiger partial charge is 0.270 e. The van der Waals surface area contributed by atoms with Crippen molar-refractivity contribution in [1.29, 1.82) is 0 Å². The number of thiocarbonyl (C=S) groups is 1. The molecule has 3 aromatic carbocycles. The van der Waals surface area contributed by atoms with Gasteiger partial charge in [0.05, 0.1) is 24.6 Å². The minimum absolute atomic E-state index is 0.196. The molecule has 0 aliphatic carbocycles. The molecule has 1 aliphatic rings. The van der Waals surface area contributed by atoms with E-state index in [9.17, 15) is 4.79 Å². The molecule has 1 heterocycles. The minimum atomic E-state index is -0.196. The first-order valence-corrected chi connectivity index (χ1v) is 13.7. The summed E-state index contributed by atoms with van der Waals surface area (Å²) in [7, 11) is 0. The van der Waals surface area contributed by atoms with E-state index in [4.69, 9.17) is 40.2 Å². The molecule has 0 radical (unpaired) electrons. The second-order valence-electron chi connectivity index (χ2n) is 6.84. The van der Waals surface area contributed by atoms with Gasteiger partial charge in [0.1, 0.15) is 12.4 Å². The van der Waals surface area contributed by atoms with Gasteiger partial charge in [0, 0.05) is 9.50 Å². The standard InChI is InChI=1S/C23H12Br3Cl2NO2S2/c24-16-6-5-15(10-19(16)28)29-22(30)20(33-23(29)32)9-13-7-17(25)21(18(26)8-13)31-11-12-1-3-14(27)4-2-12/h1-10H,11H2/b20-9+. The van der Waals surface area contributed by atoms with Crippen molar-refractivity contribution in [2.45, 2.75) is 6.61 Å². The van der Waals surface area contributed by atoms with Crippen LogP contribution in [0.15, 0.2) is 72.9 Å². The Morgan fingerprint density at radius 2 is 1.64 bits per heavy atom. The zero-order valence-corrected chi connectivity index (χ0v) is 24.4. The number of halogens is 5. The van der Waals surface area contributed by atoms with Crippen LogP contribution in [0.2, 0.25) is 10.0 Å². The second kappa shape index (κ2) is 10.8. The number of rotatable bonds is 5. The number of ether oxygens (including phenoxy) is 1. The number of anilines is 1. The molecule has 10 heteroatoms. The van der Waals surface area contributed by atoms with Gasteiger partial charge in [0.2, 0.25) is 0 Å². The highest BCUT2D eigenvalue weighted by molar-refractivity contribution is 9.11. The van der Waals surface area contributed by atoms with E-state index < -0.39 is 0 Å². The third-order valence-corrected chi connectivity index (χ3v) is 8.53. The predicted molar refractivity (Wildman–Crippen MR) is 152 cm³/mol. The number of amides is 1. The lowest BCUT2D eigenvalue weighted by Gasteiger charge is -2.15. The average molecular weight is 709 g/mol. The predicted octanol–water partition coefficient (Wildman–Crippen LogP) is 9.27. The number of thioether (sulfide) groups is 1. The average Bonchev–Trinajstić information content (AvgIpc) is 3.03. The highest BCUT2D eigenvalue weighted by Gasteiger charge is 2.33. The Bertz CT molecular complexity index is 1280. The van der Waals surface area contributed by atoms with Gasteiger partial charge < -0.3 is 4.74 Å². The van der Waals surface area contributed by atoms with Crippen molar-refractivity contribution in [3.05, 3.63) is 94.1 Å². The first-order valence-electron chi connectivity index (χ1n) is 9.32. The summed E-state index contributed by atoms with van der Waals surface area (Å²) in [6.07, 6.45) is 1.80. The van der Waals surface area contributed by atoms with Crippen molar-refractivity contribution in [1.82, 2.24) is 0 Å². The summed E-state index contributed by atoms with van der Waals surface area (Å²) in [4.78, 5) is 15.1. The molecular weight excluding hydrogens is 697 g/mol. The molecule has 0 N–H and O–H groups in total. The molecule has 0 bridgehead atoms. The maximum Gasteiger partial charge on any atom is 0.270 e. The molecule has 3 nitrogen and oxygen atoms in total. The summed E-state index contributed by atoms with van der Waals surface area (Å²) in [6, 6.07) is 16.6. The fourth-order valence-corrected chi connectivity index (χ4v) is 6.30. The van der Waals surface area contributed by atoms with Gasteiger partial charge in [0.25, 0.3) is 5.91 Å². The molecule has 0 unspecified atom stereocenters. The topological polar surface area (TPSA) is 29.5 Å². The Morgan fingerprint density at radius 3 is 2.27 bits per heavy atom. The lowest BCUT2D eigenvalue weighted by Crippen LogP contribution is -2.27. The number of carbonyl (C=O) groups is 1. The van der Waals surface area contributed by atoms with E-state index >= 15 is 0 Å². The highest BCUT2D eigenvalue weighted by atomic mass is 79.9. The van der Waals surface area contributed by atoms with Crippen molar-refractivity contribution in [3.63, 3.8) is 0 Å². The van der Waals surface area contributed by atoms with Crippen LogP contribution >= 0.6 is 95.0 Å². The second-order valence-corrected chi connectivity index (χ2v) is 11.9. The third kappa shape index (κ3) is 5.86. The Balaban J connectivity index is 1.55. The third-order valence-electron chi connectivity index (χ3n) is 4.57. The summed E-state index contributed by atoms with van der Waals surface area (Å²) >= 11 is 29.3. The molecule has 1 amide bonds. The monoisotopic (exact) mass is 705 g/mol. The normalized spacial score (nSPS) is 14.9. The van der Waals surface area contributed by atoms with E-state index in [0.717, 1.165) is 24.5 Å². The fourth-order valence-electron chi connectivity index (χ4n) is 3.00. The molecule has 1 aliphatic heterocycles. The van der Waals surface area contributed by atoms with Gasteiger partial charge in [-0.3, -0.25) is 9.69 Å². The number of hydrogen-bond donors (Lipinski definition) is 0. The van der Waals surface area contributed by atoms with E-state index in [0.29, 0.717) is 37.3 Å². The first kappa shape index (κ1) is 25.2. The summed E-state index contributed by atoms with van der Waals surface area (Å²) in [6.45, 7) is 0.391. The first-order chi connectivity index (χ1) is 15.7. The Kier molecular flexibility index (Phi) is 8.26. The lowest BCUT2D eigenvalue weighted by molar-refractivity contribution is -0.113. The zero-order valence-electron chi connectivity index (χ0n) is 16.5. The van der Waals surface area contributed by atoms with Crippen molar-refractivity contribution >= 4 is 117 Å². The van der Waals surface area contributed by atoms with Crippen molar-refractivity contribution in [2.75, 3.05) is 4.90 Å². The summed E-state index contributed by atoms with van der Waals surface area (Å²) in [5, 5.41) is 1.19. The van der Waals surface area contributed by atoms with E-state index in [2.05, 4.69) is 47.8 Å². The number of benzene rings is 3. The Labute approximate surface area is 235 Å². The molecule has 0 saturated carbocycles. The van der Waals surface area contributed by atoms with Crippen LogP contribution in [0.3, 0.4) is 0 Å². The number of nitrogens with zero attached hydrogens (tertiary/aromatic N) is 1. The lowest BCUT2D eigenvalue weighted by atomic mass is 10.2. The van der Waals surface area contributed by atoms with Gasteiger partial charge in [-0.05, 0) is 107 Å². The molecule has 0 spiro atoms. The summed E-state index contributed by atoms with van der Waals surface area (Å²) < 4.78 is 8.69. The molecule has 0 aromatic heterocycles. The van der Waals surface area contributed by atoms with Gasteiger partial charge in [-0.25, -0.2) is 0 Å². The molecular formula is C23H12Br3Cl2NO2S2. The van der Waals surface area contributed by atoms with Crippen LogP contribution in [0.1, 0.15) is 11.1 Å². The summed E-state index contributed by atoms with van der Waals surface area (Å²) in [5.41, 5.74) is 2.45. The van der Waals surface area contributed by atoms with Crippen molar-refractivity contribution in [3.8, 4) is 5.75 Å². The van der Waals surface area contributed by atoms with Crippen LogP contribution in [0, 0.1) is 0 Å². The van der Waals surface area contributed by atoms with Gasteiger partial charge in [-0.2, -0.15) is 0 Å². The Morgan fingerprint density at radius 1 is 0.970 bits per heavy atom. The molecule has 33 heavy (non-hydrogen) atoms. The molecule has 1 fully saturated rings. The van der Waals surface area contributed by atoms with Gasteiger partial charge >= 0.3 is 0 Å². The van der Waals surface area contributed by atoms with Crippen LogP contribution in [0.5, 0.6) is 5.75 Å². The van der Waals surface area contributed by atoms with Crippen LogP contribution in [-0.4, -0.2) is 10.2 Å². The van der Waals surface area contributed by atoms with Crippen molar-refractivity contribution < 1.29 is 9.53 Å². The maximum absolute atomic E-state index is 13.1. The molecule has 3 aromatic rings. The summed E-state index contributed by atoms with van der Waals surface area (Å²) in [5.74, 6) is 0.470. The van der Waals surface area contributed by atoms with Crippen LogP contribution < -0.4 is 9.64 Å². The highest BCUT2D eigenvalue weighted by Crippen LogP contribution is 2.40. The molecule has 4 rings (SSSR count). The largest absolute Gasteiger partial charge is 0.487 e. The molecule has 1 saturated heterocycles. The van der Waals surface area contributed by atoms with Crippen LogP contribution in [-0.2, 0) is 11.4 Å². The number of hydrogen-bond acceptors (Lipinski definition) is 4. The van der Waals surface area contributed by atoms with Crippen molar-refractivity contribution in [2.24, 2.45) is 0 Å². The fraction of sp³-hybridized carbons (Fsp3) is 0.0435. The quantitative estimate of drug-likeness (QED) is 0.195. The van der Waals surface area contributed by atoms with E-state index in [-0.39, 0.29) is 5.91 Å². The molecule has 0 atom stereocenters. The zero-order chi connectivity index (χ0) is 23.7.